The molecule has 0 amide bonds. The average molecular weight is 352 g/mol. The number of hydrogen-bond donors (Lipinski definition) is 2. The van der Waals surface area contributed by atoms with E-state index in [1.807, 2.05) is 48.0 Å². The van der Waals surface area contributed by atoms with E-state index in [1.165, 1.54) is 6.33 Å². The van der Waals surface area contributed by atoms with Gasteiger partial charge in [0, 0.05) is 18.8 Å². The molecule has 1 aromatic carbocycles. The van der Waals surface area contributed by atoms with Crippen molar-refractivity contribution in [3.8, 4) is 5.75 Å². The van der Waals surface area contributed by atoms with Crippen LogP contribution in [0.3, 0.4) is 0 Å². The van der Waals surface area contributed by atoms with Crippen LogP contribution in [0.15, 0.2) is 48.9 Å². The van der Waals surface area contributed by atoms with Crippen LogP contribution in [0.4, 0.5) is 0 Å². The first-order valence-electron chi connectivity index (χ1n) is 8.23. The number of methoxy groups -OCH3 is 1. The van der Waals surface area contributed by atoms with Crippen molar-refractivity contribution < 1.29 is 14.6 Å². The zero-order valence-electron chi connectivity index (χ0n) is 14.6. The number of ether oxygens (including phenoxy) is 1. The second-order valence-corrected chi connectivity index (χ2v) is 5.79. The topological polar surface area (TPSA) is 93.0 Å². The van der Waals surface area contributed by atoms with Crippen LogP contribution in [0, 0.1) is 0 Å². The molecule has 2 N–H and O–H groups in total. The van der Waals surface area contributed by atoms with Crippen LogP contribution in [0.25, 0.3) is 5.76 Å². The van der Waals surface area contributed by atoms with E-state index in [0.29, 0.717) is 12.2 Å². The Hall–Kier alpha value is -3.35. The number of carbonyl (C=O) groups is 1. The van der Waals surface area contributed by atoms with Crippen molar-refractivity contribution in [3.63, 3.8) is 0 Å². The van der Waals surface area contributed by atoms with Gasteiger partial charge in [-0.05, 0) is 35.7 Å². The van der Waals surface area contributed by atoms with Gasteiger partial charge in [-0.15, -0.1) is 0 Å². The fourth-order valence-corrected chi connectivity index (χ4v) is 2.63. The van der Waals surface area contributed by atoms with Crippen LogP contribution in [-0.2, 0) is 13.0 Å². The Kier molecular flexibility index (Phi) is 5.17. The van der Waals surface area contributed by atoms with Gasteiger partial charge >= 0.3 is 0 Å². The standard InChI is InChI=1S/C19H20N4O3/c1-3-13-8-16(17(24)9-18(25)19-20-12-21-22-19)23(10-13)11-14-4-6-15(26-2)7-5-14/h4-10,12,25H,3,11H2,1-2H3,(H,20,21,22). The van der Waals surface area contributed by atoms with Crippen molar-refractivity contribution in [1.29, 1.82) is 0 Å². The summed E-state index contributed by atoms with van der Waals surface area (Å²) in [6, 6.07) is 9.53. The summed E-state index contributed by atoms with van der Waals surface area (Å²) in [4.78, 5) is 16.5. The second kappa shape index (κ2) is 7.69. The molecule has 3 aromatic rings. The molecule has 0 radical (unpaired) electrons. The molecule has 0 atom stereocenters. The van der Waals surface area contributed by atoms with Gasteiger partial charge < -0.3 is 14.4 Å². The molecule has 0 unspecified atom stereocenters. The number of benzene rings is 1. The molecular formula is C19H20N4O3. The molecule has 7 nitrogen and oxygen atoms in total. The number of H-pyrrole nitrogens is 1. The van der Waals surface area contributed by atoms with E-state index < -0.39 is 0 Å². The van der Waals surface area contributed by atoms with Gasteiger partial charge in [0.15, 0.2) is 11.6 Å². The van der Waals surface area contributed by atoms with Gasteiger partial charge in [-0.3, -0.25) is 9.89 Å². The molecule has 7 heteroatoms. The van der Waals surface area contributed by atoms with Gasteiger partial charge in [0.2, 0.25) is 5.78 Å². The van der Waals surface area contributed by atoms with Crippen LogP contribution in [-0.4, -0.2) is 37.7 Å². The van der Waals surface area contributed by atoms with Gasteiger partial charge in [-0.2, -0.15) is 5.10 Å². The number of rotatable bonds is 7. The highest BCUT2D eigenvalue weighted by atomic mass is 16.5. The average Bonchev–Trinajstić information content (AvgIpc) is 3.32. The van der Waals surface area contributed by atoms with Gasteiger partial charge in [0.25, 0.3) is 0 Å². The van der Waals surface area contributed by atoms with E-state index in [9.17, 15) is 9.90 Å². The van der Waals surface area contributed by atoms with Gasteiger partial charge in [0.1, 0.15) is 12.1 Å². The third kappa shape index (κ3) is 3.83. The first-order valence-corrected chi connectivity index (χ1v) is 8.23. The number of allylic oxidation sites excluding steroid dienone is 1. The number of aryl methyl sites for hydroxylation is 1. The molecule has 2 aromatic heterocycles. The minimum Gasteiger partial charge on any atom is -0.504 e. The van der Waals surface area contributed by atoms with Gasteiger partial charge in [0.05, 0.1) is 12.8 Å². The highest BCUT2D eigenvalue weighted by molar-refractivity contribution is 6.06. The van der Waals surface area contributed by atoms with Crippen LogP contribution in [0.2, 0.25) is 0 Å². The monoisotopic (exact) mass is 352 g/mol. The molecule has 0 bridgehead atoms. The lowest BCUT2D eigenvalue weighted by atomic mass is 10.2. The van der Waals surface area contributed by atoms with Crippen molar-refractivity contribution in [2.45, 2.75) is 19.9 Å². The van der Waals surface area contributed by atoms with E-state index >= 15 is 0 Å². The molecule has 0 spiro atoms. The second-order valence-electron chi connectivity index (χ2n) is 5.79. The predicted molar refractivity (Wildman–Crippen MR) is 97.2 cm³/mol. The molecule has 3 rings (SSSR count). The third-order valence-corrected chi connectivity index (χ3v) is 4.05. The lowest BCUT2D eigenvalue weighted by molar-refractivity contribution is 0.103. The number of hydrogen-bond acceptors (Lipinski definition) is 5. The predicted octanol–water partition coefficient (Wildman–Crippen LogP) is 3.01. The molecule has 0 saturated heterocycles. The van der Waals surface area contributed by atoms with Crippen molar-refractivity contribution >= 4 is 11.5 Å². The van der Waals surface area contributed by atoms with Crippen LogP contribution in [0.1, 0.15) is 34.4 Å². The largest absolute Gasteiger partial charge is 0.504 e. The summed E-state index contributed by atoms with van der Waals surface area (Å²) in [5.41, 5.74) is 2.60. The minimum atomic E-state index is -0.299. The summed E-state index contributed by atoms with van der Waals surface area (Å²) in [5.74, 6) is 0.392. The molecule has 0 fully saturated rings. The zero-order valence-corrected chi connectivity index (χ0v) is 14.6. The summed E-state index contributed by atoms with van der Waals surface area (Å²) < 4.78 is 7.05. The Morgan fingerprint density at radius 2 is 2.08 bits per heavy atom. The number of nitrogens with zero attached hydrogens (tertiary/aromatic N) is 3. The van der Waals surface area contributed by atoms with Crippen molar-refractivity contribution in [3.05, 3.63) is 71.6 Å². The Morgan fingerprint density at radius 3 is 2.69 bits per heavy atom. The van der Waals surface area contributed by atoms with Gasteiger partial charge in [-0.25, -0.2) is 4.98 Å². The lowest BCUT2D eigenvalue weighted by Crippen LogP contribution is -2.08. The van der Waals surface area contributed by atoms with Gasteiger partial charge in [-0.1, -0.05) is 19.1 Å². The number of aliphatic hydroxyl groups excluding tert-OH is 1. The Morgan fingerprint density at radius 1 is 1.31 bits per heavy atom. The van der Waals surface area contributed by atoms with E-state index in [0.717, 1.165) is 29.4 Å². The highest BCUT2D eigenvalue weighted by Crippen LogP contribution is 2.17. The summed E-state index contributed by atoms with van der Waals surface area (Å²) in [7, 11) is 1.62. The van der Waals surface area contributed by atoms with Crippen LogP contribution in [0.5, 0.6) is 5.75 Å². The molecule has 0 saturated carbocycles. The highest BCUT2D eigenvalue weighted by Gasteiger charge is 2.14. The molecule has 26 heavy (non-hydrogen) atoms. The van der Waals surface area contributed by atoms with E-state index in [-0.39, 0.29) is 17.4 Å². The zero-order chi connectivity index (χ0) is 18.5. The third-order valence-electron chi connectivity index (χ3n) is 4.05. The van der Waals surface area contributed by atoms with E-state index in [1.54, 1.807) is 7.11 Å². The first-order chi connectivity index (χ1) is 12.6. The summed E-state index contributed by atoms with van der Waals surface area (Å²) in [6.45, 7) is 2.57. The number of carbonyl (C=O) groups excluding carboxylic acids is 1. The maximum atomic E-state index is 12.7. The van der Waals surface area contributed by atoms with Crippen molar-refractivity contribution in [1.82, 2.24) is 19.7 Å². The fourth-order valence-electron chi connectivity index (χ4n) is 2.63. The Bertz CT molecular complexity index is 909. The maximum absolute atomic E-state index is 12.7. The fraction of sp³-hybridized carbons (Fsp3) is 0.211. The first kappa shape index (κ1) is 17.5. The molecule has 0 aliphatic carbocycles. The SMILES string of the molecule is CCc1cc(C(=O)C=C(O)c2ncn[nH]2)n(Cc2ccc(OC)cc2)c1. The number of aromatic nitrogens is 4. The number of aromatic amines is 1. The minimum absolute atomic E-state index is 0.155. The number of aliphatic hydroxyl groups is 1. The van der Waals surface area contributed by atoms with E-state index in [2.05, 4.69) is 15.2 Å². The van der Waals surface area contributed by atoms with Crippen LogP contribution < -0.4 is 4.74 Å². The van der Waals surface area contributed by atoms with Crippen LogP contribution >= 0.6 is 0 Å². The molecule has 134 valence electrons. The van der Waals surface area contributed by atoms with Crippen molar-refractivity contribution in [2.75, 3.05) is 7.11 Å². The van der Waals surface area contributed by atoms with Crippen molar-refractivity contribution in [2.24, 2.45) is 0 Å². The lowest BCUT2D eigenvalue weighted by Gasteiger charge is -2.08. The molecule has 2 heterocycles. The maximum Gasteiger partial charge on any atom is 0.206 e. The Labute approximate surface area is 151 Å². The van der Waals surface area contributed by atoms with E-state index in [4.69, 9.17) is 4.74 Å². The normalized spacial score (nSPS) is 11.5. The number of ketones is 1. The summed E-state index contributed by atoms with van der Waals surface area (Å²) in [5, 5.41) is 16.2. The summed E-state index contributed by atoms with van der Waals surface area (Å²) in [6.07, 6.45) is 5.19. The smallest absolute Gasteiger partial charge is 0.206 e. The summed E-state index contributed by atoms with van der Waals surface area (Å²) >= 11 is 0. The Balaban J connectivity index is 1.87. The molecule has 0 aliphatic rings. The quantitative estimate of drug-likeness (QED) is 0.387. The number of nitrogens with one attached hydrogen (secondary N) is 1. The molecule has 0 aliphatic heterocycles. The molecular weight excluding hydrogens is 332 g/mol.